The van der Waals surface area contributed by atoms with Crippen LogP contribution >= 0.6 is 0 Å². The zero-order valence-electron chi connectivity index (χ0n) is 27.7. The van der Waals surface area contributed by atoms with Crippen LogP contribution in [0.2, 0.25) is 0 Å². The summed E-state index contributed by atoms with van der Waals surface area (Å²) in [7, 11) is 0. The van der Waals surface area contributed by atoms with Gasteiger partial charge in [-0.25, -0.2) is 0 Å². The van der Waals surface area contributed by atoms with Crippen molar-refractivity contribution in [2.75, 3.05) is 4.90 Å². The molecule has 0 fully saturated rings. The van der Waals surface area contributed by atoms with Crippen molar-refractivity contribution in [1.82, 2.24) is 0 Å². The lowest BCUT2D eigenvalue weighted by atomic mass is 9.95. The molecule has 3 nitrogen and oxygen atoms in total. The first kappa shape index (κ1) is 29.1. The van der Waals surface area contributed by atoms with Crippen molar-refractivity contribution in [2.45, 2.75) is 0 Å². The Morgan fingerprint density at radius 3 is 1.29 bits per heavy atom. The average Bonchev–Trinajstić information content (AvgIpc) is 3.76. The lowest BCUT2D eigenvalue weighted by Gasteiger charge is -2.28. The SMILES string of the molecule is c1ccc(-c2ccc(-c3ccc(N(c4ccc5c(c4)oc4ccccc45)c4ccc5c(c4)oc4ccccc45)c(-c4ccccc4)c3)cc2)cc1. The Hall–Kier alpha value is -6.84. The highest BCUT2D eigenvalue weighted by molar-refractivity contribution is 6.08. The van der Waals surface area contributed by atoms with E-state index < -0.39 is 0 Å². The maximum atomic E-state index is 6.41. The van der Waals surface area contributed by atoms with E-state index in [9.17, 15) is 0 Å². The monoisotopic (exact) mass is 653 g/mol. The molecule has 0 unspecified atom stereocenters. The topological polar surface area (TPSA) is 29.5 Å². The summed E-state index contributed by atoms with van der Waals surface area (Å²) in [4.78, 5) is 2.32. The van der Waals surface area contributed by atoms with Gasteiger partial charge in [0.1, 0.15) is 22.3 Å². The number of fused-ring (bicyclic) bond motifs is 6. The number of hydrogen-bond donors (Lipinski definition) is 0. The zero-order chi connectivity index (χ0) is 33.7. The predicted octanol–water partition coefficient (Wildman–Crippen LogP) is 14.0. The number of para-hydroxylation sites is 2. The van der Waals surface area contributed by atoms with Crippen molar-refractivity contribution in [3.8, 4) is 33.4 Å². The van der Waals surface area contributed by atoms with Gasteiger partial charge in [-0.1, -0.05) is 127 Å². The molecule has 10 aromatic rings. The first-order valence-corrected chi connectivity index (χ1v) is 17.2. The van der Waals surface area contributed by atoms with Crippen molar-refractivity contribution in [3.05, 3.63) is 188 Å². The number of rotatable bonds is 6. The Labute approximate surface area is 295 Å². The normalized spacial score (nSPS) is 11.5. The summed E-state index contributed by atoms with van der Waals surface area (Å²) in [6, 6.07) is 66.3. The van der Waals surface area contributed by atoms with Crippen LogP contribution in [-0.4, -0.2) is 0 Å². The van der Waals surface area contributed by atoms with Crippen molar-refractivity contribution in [3.63, 3.8) is 0 Å². The smallest absolute Gasteiger partial charge is 0.137 e. The molecule has 0 aliphatic carbocycles. The third kappa shape index (κ3) is 5.06. The minimum Gasteiger partial charge on any atom is -0.456 e. The van der Waals surface area contributed by atoms with Gasteiger partial charge >= 0.3 is 0 Å². The largest absolute Gasteiger partial charge is 0.456 e. The maximum Gasteiger partial charge on any atom is 0.137 e. The molecule has 2 heterocycles. The molecule has 3 heteroatoms. The van der Waals surface area contributed by atoms with Gasteiger partial charge in [-0.05, 0) is 76.3 Å². The molecular weight excluding hydrogens is 623 g/mol. The highest BCUT2D eigenvalue weighted by atomic mass is 16.3. The summed E-state index contributed by atoms with van der Waals surface area (Å²) in [6.45, 7) is 0. The first-order valence-electron chi connectivity index (χ1n) is 17.2. The van der Waals surface area contributed by atoms with Crippen LogP contribution in [0.1, 0.15) is 0 Å². The molecule has 0 aliphatic heterocycles. The van der Waals surface area contributed by atoms with Gasteiger partial charge in [0.2, 0.25) is 0 Å². The fourth-order valence-electron chi connectivity index (χ4n) is 7.38. The summed E-state index contributed by atoms with van der Waals surface area (Å²) in [5, 5.41) is 4.42. The Morgan fingerprint density at radius 2 is 0.725 bits per heavy atom. The molecule has 0 aliphatic rings. The van der Waals surface area contributed by atoms with Crippen molar-refractivity contribution >= 4 is 60.9 Å². The van der Waals surface area contributed by atoms with E-state index in [1.807, 2.05) is 24.3 Å². The van der Waals surface area contributed by atoms with Crippen LogP contribution in [0.5, 0.6) is 0 Å². The zero-order valence-corrected chi connectivity index (χ0v) is 27.7. The van der Waals surface area contributed by atoms with Crippen molar-refractivity contribution in [1.29, 1.82) is 0 Å². The molecule has 0 amide bonds. The van der Waals surface area contributed by atoms with Crippen LogP contribution in [0.25, 0.3) is 77.3 Å². The second kappa shape index (κ2) is 11.9. The molecule has 0 radical (unpaired) electrons. The van der Waals surface area contributed by atoms with Crippen LogP contribution in [0, 0.1) is 0 Å². The van der Waals surface area contributed by atoms with E-state index in [1.165, 1.54) is 11.1 Å². The molecule has 0 N–H and O–H groups in total. The Kier molecular flexibility index (Phi) is 6.81. The molecule has 0 bridgehead atoms. The summed E-state index contributed by atoms with van der Waals surface area (Å²) in [5.41, 5.74) is 13.5. The van der Waals surface area contributed by atoms with Crippen LogP contribution < -0.4 is 4.90 Å². The highest BCUT2D eigenvalue weighted by Gasteiger charge is 2.21. The minimum atomic E-state index is 0.847. The number of furan rings is 2. The van der Waals surface area contributed by atoms with Crippen LogP contribution in [0.4, 0.5) is 17.1 Å². The molecule has 2 aromatic heterocycles. The average molecular weight is 654 g/mol. The Bertz CT molecular complexity index is 2730. The van der Waals surface area contributed by atoms with E-state index in [-0.39, 0.29) is 0 Å². The van der Waals surface area contributed by atoms with E-state index in [0.29, 0.717) is 0 Å². The number of hydrogen-bond acceptors (Lipinski definition) is 3. The van der Waals surface area contributed by atoms with E-state index in [4.69, 9.17) is 8.83 Å². The van der Waals surface area contributed by atoms with Crippen molar-refractivity contribution < 1.29 is 8.83 Å². The van der Waals surface area contributed by atoms with E-state index >= 15 is 0 Å². The molecule has 0 saturated heterocycles. The van der Waals surface area contributed by atoms with E-state index in [1.54, 1.807) is 0 Å². The summed E-state index contributed by atoms with van der Waals surface area (Å²) in [6.07, 6.45) is 0. The first-order chi connectivity index (χ1) is 25.3. The lowest BCUT2D eigenvalue weighted by molar-refractivity contribution is 0.669. The van der Waals surface area contributed by atoms with Gasteiger partial charge in [0, 0.05) is 50.6 Å². The third-order valence-corrected chi connectivity index (χ3v) is 9.89. The highest BCUT2D eigenvalue weighted by Crippen LogP contribution is 2.45. The third-order valence-electron chi connectivity index (χ3n) is 9.89. The molecule has 10 rings (SSSR count). The number of anilines is 3. The van der Waals surface area contributed by atoms with Gasteiger partial charge in [0.05, 0.1) is 5.69 Å². The Morgan fingerprint density at radius 1 is 0.294 bits per heavy atom. The summed E-state index contributed by atoms with van der Waals surface area (Å²) >= 11 is 0. The summed E-state index contributed by atoms with van der Waals surface area (Å²) in [5.74, 6) is 0. The number of nitrogens with zero attached hydrogens (tertiary/aromatic N) is 1. The van der Waals surface area contributed by atoms with Gasteiger partial charge in [0.25, 0.3) is 0 Å². The molecule has 0 spiro atoms. The summed E-state index contributed by atoms with van der Waals surface area (Å²) < 4.78 is 12.8. The minimum absolute atomic E-state index is 0.847. The molecule has 240 valence electrons. The number of benzene rings is 8. The van der Waals surface area contributed by atoms with Gasteiger partial charge < -0.3 is 13.7 Å². The van der Waals surface area contributed by atoms with Crippen LogP contribution in [0.15, 0.2) is 197 Å². The predicted molar refractivity (Wildman–Crippen MR) is 212 cm³/mol. The van der Waals surface area contributed by atoms with Gasteiger partial charge in [0.15, 0.2) is 0 Å². The molecule has 8 aromatic carbocycles. The lowest BCUT2D eigenvalue weighted by Crippen LogP contribution is -2.11. The van der Waals surface area contributed by atoms with Gasteiger partial charge in [-0.2, -0.15) is 0 Å². The second-order valence-corrected chi connectivity index (χ2v) is 12.9. The fraction of sp³-hybridized carbons (Fsp3) is 0. The standard InChI is InChI=1S/C48H31NO2/c1-3-11-32(12-4-1)33-19-21-34(22-20-33)36-23-28-44(43(29-36)35-13-5-2-6-14-35)49(37-24-26-41-39-15-7-9-17-45(39)50-47(41)30-37)38-25-27-42-40-16-8-10-18-46(40)51-48(42)31-38/h1-31H. The maximum absolute atomic E-state index is 6.41. The van der Waals surface area contributed by atoms with Crippen LogP contribution in [0.3, 0.4) is 0 Å². The second-order valence-electron chi connectivity index (χ2n) is 12.9. The van der Waals surface area contributed by atoms with Crippen molar-refractivity contribution in [2.24, 2.45) is 0 Å². The van der Waals surface area contributed by atoms with Crippen LogP contribution in [-0.2, 0) is 0 Å². The molecule has 0 saturated carbocycles. The molecule has 0 atom stereocenters. The quantitative estimate of drug-likeness (QED) is 0.179. The molecular formula is C48H31NO2. The molecule has 51 heavy (non-hydrogen) atoms. The van der Waals surface area contributed by atoms with E-state index in [0.717, 1.165) is 83.2 Å². The Balaban J connectivity index is 1.17. The van der Waals surface area contributed by atoms with Gasteiger partial charge in [-0.3, -0.25) is 0 Å². The van der Waals surface area contributed by atoms with E-state index in [2.05, 4.69) is 169 Å². The van der Waals surface area contributed by atoms with Gasteiger partial charge in [-0.15, -0.1) is 0 Å². The fourth-order valence-corrected chi connectivity index (χ4v) is 7.38.